The van der Waals surface area contributed by atoms with Crippen molar-refractivity contribution in [3.05, 3.63) is 28.2 Å². The molecular weight excluding hydrogens is 339 g/mol. The number of nitrogens with one attached hydrogen (secondary N) is 2. The van der Waals surface area contributed by atoms with E-state index in [2.05, 4.69) is 10.6 Å². The zero-order chi connectivity index (χ0) is 16.8. The number of halogens is 2. The molecule has 0 saturated carbocycles. The molecule has 0 bridgehead atoms. The Kier molecular flexibility index (Phi) is 6.50. The van der Waals surface area contributed by atoms with Crippen molar-refractivity contribution in [3.63, 3.8) is 0 Å². The SMILES string of the molecule is NCCNC(=O)C1CCCN(C(=O)Nc2cc(Cl)ccc2Cl)C1. The number of amides is 3. The third-order valence-corrected chi connectivity index (χ3v) is 4.26. The van der Waals surface area contributed by atoms with Gasteiger partial charge in [0.25, 0.3) is 0 Å². The summed E-state index contributed by atoms with van der Waals surface area (Å²) in [5, 5.41) is 6.41. The van der Waals surface area contributed by atoms with E-state index in [1.54, 1.807) is 23.1 Å². The Labute approximate surface area is 145 Å². The molecule has 1 atom stereocenters. The molecule has 1 aliphatic heterocycles. The normalized spacial score (nSPS) is 17.7. The molecule has 1 heterocycles. The van der Waals surface area contributed by atoms with E-state index in [4.69, 9.17) is 28.9 Å². The molecule has 1 fully saturated rings. The van der Waals surface area contributed by atoms with Crippen molar-refractivity contribution in [3.8, 4) is 0 Å². The highest BCUT2D eigenvalue weighted by Gasteiger charge is 2.28. The maximum absolute atomic E-state index is 12.4. The number of urea groups is 1. The summed E-state index contributed by atoms with van der Waals surface area (Å²) in [6, 6.07) is 4.58. The third-order valence-electron chi connectivity index (χ3n) is 3.69. The predicted octanol–water partition coefficient (Wildman–Crippen LogP) is 2.31. The highest BCUT2D eigenvalue weighted by Crippen LogP contribution is 2.26. The van der Waals surface area contributed by atoms with Gasteiger partial charge in [-0.3, -0.25) is 4.79 Å². The molecule has 0 aromatic heterocycles. The highest BCUT2D eigenvalue weighted by atomic mass is 35.5. The number of benzene rings is 1. The van der Waals surface area contributed by atoms with Crippen LogP contribution >= 0.6 is 23.2 Å². The van der Waals surface area contributed by atoms with Crippen LogP contribution in [0.25, 0.3) is 0 Å². The lowest BCUT2D eigenvalue weighted by Gasteiger charge is -2.32. The molecule has 6 nitrogen and oxygen atoms in total. The molecule has 0 radical (unpaired) electrons. The van der Waals surface area contributed by atoms with Crippen LogP contribution in [-0.4, -0.2) is 43.0 Å². The average molecular weight is 359 g/mol. The fraction of sp³-hybridized carbons (Fsp3) is 0.467. The lowest BCUT2D eigenvalue weighted by molar-refractivity contribution is -0.126. The maximum atomic E-state index is 12.4. The second-order valence-electron chi connectivity index (χ2n) is 5.42. The van der Waals surface area contributed by atoms with Crippen LogP contribution in [0.4, 0.5) is 10.5 Å². The molecule has 1 saturated heterocycles. The van der Waals surface area contributed by atoms with E-state index in [1.165, 1.54) is 0 Å². The van der Waals surface area contributed by atoms with Crippen LogP contribution < -0.4 is 16.4 Å². The summed E-state index contributed by atoms with van der Waals surface area (Å²) in [5.74, 6) is -0.273. The van der Waals surface area contributed by atoms with E-state index in [1.807, 2.05) is 0 Å². The first kappa shape index (κ1) is 17.8. The molecule has 4 N–H and O–H groups in total. The zero-order valence-corrected chi connectivity index (χ0v) is 14.2. The largest absolute Gasteiger partial charge is 0.355 e. The summed E-state index contributed by atoms with van der Waals surface area (Å²) < 4.78 is 0. The number of hydrogen-bond acceptors (Lipinski definition) is 3. The molecule has 1 aromatic carbocycles. The number of nitrogens with two attached hydrogens (primary N) is 1. The summed E-state index contributed by atoms with van der Waals surface area (Å²) in [4.78, 5) is 26.0. The smallest absolute Gasteiger partial charge is 0.321 e. The molecule has 23 heavy (non-hydrogen) atoms. The van der Waals surface area contributed by atoms with Crippen LogP contribution in [0.2, 0.25) is 10.0 Å². The van der Waals surface area contributed by atoms with Crippen molar-refractivity contribution in [1.29, 1.82) is 0 Å². The fourth-order valence-corrected chi connectivity index (χ4v) is 2.84. The van der Waals surface area contributed by atoms with Gasteiger partial charge in [-0.2, -0.15) is 0 Å². The third kappa shape index (κ3) is 4.99. The molecule has 1 aromatic rings. The van der Waals surface area contributed by atoms with Crippen molar-refractivity contribution in [2.45, 2.75) is 12.8 Å². The lowest BCUT2D eigenvalue weighted by Crippen LogP contribution is -2.47. The van der Waals surface area contributed by atoms with Gasteiger partial charge in [-0.25, -0.2) is 4.79 Å². The van der Waals surface area contributed by atoms with Crippen LogP contribution in [0, 0.1) is 5.92 Å². The summed E-state index contributed by atoms with van der Waals surface area (Å²) in [6.07, 6.45) is 1.54. The van der Waals surface area contributed by atoms with Crippen molar-refractivity contribution >= 4 is 40.8 Å². The van der Waals surface area contributed by atoms with E-state index in [-0.39, 0.29) is 17.9 Å². The Morgan fingerprint density at radius 3 is 2.87 bits per heavy atom. The first-order chi connectivity index (χ1) is 11.0. The van der Waals surface area contributed by atoms with Gasteiger partial charge >= 0.3 is 6.03 Å². The van der Waals surface area contributed by atoms with Crippen LogP contribution in [0.15, 0.2) is 18.2 Å². The molecular formula is C15H20Cl2N4O2. The second-order valence-corrected chi connectivity index (χ2v) is 6.26. The molecule has 0 spiro atoms. The van der Waals surface area contributed by atoms with E-state index in [0.29, 0.717) is 41.9 Å². The van der Waals surface area contributed by atoms with Gasteiger partial charge in [-0.1, -0.05) is 23.2 Å². The number of carbonyl (C=O) groups is 2. The number of nitrogens with zero attached hydrogens (tertiary/aromatic N) is 1. The monoisotopic (exact) mass is 358 g/mol. The maximum Gasteiger partial charge on any atom is 0.321 e. The van der Waals surface area contributed by atoms with Crippen molar-refractivity contribution in [2.75, 3.05) is 31.5 Å². The number of likely N-dealkylation sites (tertiary alicyclic amines) is 1. The summed E-state index contributed by atoms with van der Waals surface area (Å²) in [6.45, 7) is 1.82. The molecule has 1 unspecified atom stereocenters. The number of anilines is 1. The number of piperidine rings is 1. The fourth-order valence-electron chi connectivity index (χ4n) is 2.50. The van der Waals surface area contributed by atoms with E-state index in [0.717, 1.165) is 12.8 Å². The van der Waals surface area contributed by atoms with Crippen molar-refractivity contribution in [1.82, 2.24) is 10.2 Å². The summed E-state index contributed by atoms with van der Waals surface area (Å²) in [5.41, 5.74) is 5.84. The topological polar surface area (TPSA) is 87.5 Å². The standard InChI is InChI=1S/C15H20Cl2N4O2/c16-11-3-4-12(17)13(8-11)20-15(23)21-7-1-2-10(9-21)14(22)19-6-5-18/h3-4,8,10H,1-2,5-7,9,18H2,(H,19,22)(H,20,23). The van der Waals surface area contributed by atoms with Crippen molar-refractivity contribution in [2.24, 2.45) is 11.7 Å². The Morgan fingerprint density at radius 2 is 2.13 bits per heavy atom. The minimum Gasteiger partial charge on any atom is -0.355 e. The molecule has 0 aliphatic carbocycles. The van der Waals surface area contributed by atoms with E-state index < -0.39 is 0 Å². The van der Waals surface area contributed by atoms with Crippen LogP contribution in [0.3, 0.4) is 0 Å². The van der Waals surface area contributed by atoms with Gasteiger partial charge in [-0.05, 0) is 31.0 Å². The molecule has 2 rings (SSSR count). The van der Waals surface area contributed by atoms with Gasteiger partial charge in [0.2, 0.25) is 5.91 Å². The van der Waals surface area contributed by atoms with Gasteiger partial charge in [0.15, 0.2) is 0 Å². The van der Waals surface area contributed by atoms with Crippen LogP contribution in [0.1, 0.15) is 12.8 Å². The summed E-state index contributed by atoms with van der Waals surface area (Å²) in [7, 11) is 0. The number of rotatable bonds is 4. The second kappa shape index (κ2) is 8.38. The lowest BCUT2D eigenvalue weighted by atomic mass is 9.97. The van der Waals surface area contributed by atoms with E-state index in [9.17, 15) is 9.59 Å². The molecule has 1 aliphatic rings. The number of carbonyl (C=O) groups excluding carboxylic acids is 2. The van der Waals surface area contributed by atoms with Gasteiger partial charge in [0.1, 0.15) is 0 Å². The zero-order valence-electron chi connectivity index (χ0n) is 12.6. The Hall–Kier alpha value is -1.50. The first-order valence-corrected chi connectivity index (χ1v) is 8.25. The first-order valence-electron chi connectivity index (χ1n) is 7.50. The van der Waals surface area contributed by atoms with Gasteiger partial charge < -0.3 is 21.3 Å². The Bertz CT molecular complexity index is 583. The Balaban J connectivity index is 1.96. The quantitative estimate of drug-likeness (QED) is 0.771. The van der Waals surface area contributed by atoms with Crippen LogP contribution in [0.5, 0.6) is 0 Å². The van der Waals surface area contributed by atoms with E-state index >= 15 is 0 Å². The van der Waals surface area contributed by atoms with Gasteiger partial charge in [-0.15, -0.1) is 0 Å². The average Bonchev–Trinajstić information content (AvgIpc) is 2.56. The van der Waals surface area contributed by atoms with Crippen molar-refractivity contribution < 1.29 is 9.59 Å². The Morgan fingerprint density at radius 1 is 1.35 bits per heavy atom. The predicted molar refractivity (Wildman–Crippen MR) is 91.8 cm³/mol. The minimum absolute atomic E-state index is 0.0614. The summed E-state index contributed by atoms with van der Waals surface area (Å²) >= 11 is 12.0. The minimum atomic E-state index is -0.287. The number of hydrogen-bond donors (Lipinski definition) is 3. The highest BCUT2D eigenvalue weighted by molar-refractivity contribution is 6.35. The molecule has 8 heteroatoms. The molecule has 126 valence electrons. The van der Waals surface area contributed by atoms with Crippen LogP contribution in [-0.2, 0) is 4.79 Å². The van der Waals surface area contributed by atoms with Gasteiger partial charge in [0.05, 0.1) is 16.6 Å². The molecule has 3 amide bonds. The van der Waals surface area contributed by atoms with Gasteiger partial charge in [0, 0.05) is 31.2 Å².